The number of hydrogen-bond donors (Lipinski definition) is 1. The van der Waals surface area contributed by atoms with Crippen LogP contribution in [0.1, 0.15) is 25.7 Å². The summed E-state index contributed by atoms with van der Waals surface area (Å²) in [4.78, 5) is 8.72. The van der Waals surface area contributed by atoms with Gasteiger partial charge in [-0.05, 0) is 44.1 Å². The zero-order valence-corrected chi connectivity index (χ0v) is 12.0. The molecule has 1 N–H and O–H groups in total. The van der Waals surface area contributed by atoms with Crippen LogP contribution in [0.5, 0.6) is 0 Å². The van der Waals surface area contributed by atoms with Gasteiger partial charge in [0.05, 0.1) is 5.52 Å². The van der Waals surface area contributed by atoms with Gasteiger partial charge >= 0.3 is 0 Å². The maximum atomic E-state index is 4.41. The van der Waals surface area contributed by atoms with E-state index in [1.54, 1.807) is 6.33 Å². The molecule has 4 heteroatoms. The van der Waals surface area contributed by atoms with Gasteiger partial charge in [0, 0.05) is 16.7 Å². The summed E-state index contributed by atoms with van der Waals surface area (Å²) in [6.45, 7) is 0. The van der Waals surface area contributed by atoms with E-state index in [9.17, 15) is 0 Å². The third-order valence-corrected chi connectivity index (χ3v) is 5.03. The number of thioether (sulfide) groups is 1. The van der Waals surface area contributed by atoms with E-state index in [-0.39, 0.29) is 0 Å². The molecule has 0 amide bonds. The molecule has 1 aliphatic carbocycles. The van der Waals surface area contributed by atoms with Crippen molar-refractivity contribution in [2.45, 2.75) is 37.0 Å². The van der Waals surface area contributed by atoms with Gasteiger partial charge in [-0.1, -0.05) is 12.1 Å². The molecule has 0 unspecified atom stereocenters. The summed E-state index contributed by atoms with van der Waals surface area (Å²) in [6.07, 6.45) is 8.96. The predicted molar refractivity (Wildman–Crippen MR) is 82.7 cm³/mol. The highest BCUT2D eigenvalue weighted by Crippen LogP contribution is 2.29. The molecule has 19 heavy (non-hydrogen) atoms. The minimum Gasteiger partial charge on any atom is -0.367 e. The number of aromatic nitrogens is 2. The standard InChI is InChI=1S/C15H19N3S/c1-19-12-8-6-11(7-9-12)18-15-13-4-2-3-5-14(13)16-10-17-15/h2-5,10-12H,6-9H2,1H3,(H,16,17,18). The maximum Gasteiger partial charge on any atom is 0.137 e. The summed E-state index contributed by atoms with van der Waals surface area (Å²) >= 11 is 2.00. The van der Waals surface area contributed by atoms with E-state index in [0.29, 0.717) is 6.04 Å². The molecular formula is C15H19N3S. The number of para-hydroxylation sites is 1. The Morgan fingerprint density at radius 1 is 1.11 bits per heavy atom. The normalized spacial score (nSPS) is 23.4. The van der Waals surface area contributed by atoms with Crippen LogP contribution in [-0.2, 0) is 0 Å². The third kappa shape index (κ3) is 2.84. The third-order valence-electron chi connectivity index (χ3n) is 3.89. The Labute approximate surface area is 118 Å². The second-order valence-electron chi connectivity index (χ2n) is 5.09. The average molecular weight is 273 g/mol. The van der Waals surface area contributed by atoms with Crippen molar-refractivity contribution in [1.82, 2.24) is 9.97 Å². The van der Waals surface area contributed by atoms with E-state index in [0.717, 1.165) is 22.0 Å². The molecule has 1 aliphatic rings. The van der Waals surface area contributed by atoms with Crippen LogP contribution in [0, 0.1) is 0 Å². The molecule has 0 atom stereocenters. The van der Waals surface area contributed by atoms with E-state index in [1.165, 1.54) is 25.7 Å². The van der Waals surface area contributed by atoms with Crippen LogP contribution in [0.25, 0.3) is 10.9 Å². The molecule has 100 valence electrons. The van der Waals surface area contributed by atoms with E-state index in [2.05, 4.69) is 27.6 Å². The zero-order chi connectivity index (χ0) is 13.1. The highest BCUT2D eigenvalue weighted by atomic mass is 32.2. The van der Waals surface area contributed by atoms with Crippen LogP contribution >= 0.6 is 11.8 Å². The van der Waals surface area contributed by atoms with Crippen molar-refractivity contribution in [3.05, 3.63) is 30.6 Å². The maximum absolute atomic E-state index is 4.41. The molecule has 1 saturated carbocycles. The van der Waals surface area contributed by atoms with Crippen molar-refractivity contribution in [2.24, 2.45) is 0 Å². The van der Waals surface area contributed by atoms with E-state index < -0.39 is 0 Å². The lowest BCUT2D eigenvalue weighted by molar-refractivity contribution is 0.472. The Bertz CT molecular complexity index is 545. The van der Waals surface area contributed by atoms with Crippen molar-refractivity contribution < 1.29 is 0 Å². The highest BCUT2D eigenvalue weighted by Gasteiger charge is 2.20. The van der Waals surface area contributed by atoms with Crippen molar-refractivity contribution in [1.29, 1.82) is 0 Å². The molecule has 3 nitrogen and oxygen atoms in total. The topological polar surface area (TPSA) is 37.8 Å². The molecule has 0 bridgehead atoms. The number of hydrogen-bond acceptors (Lipinski definition) is 4. The van der Waals surface area contributed by atoms with E-state index in [4.69, 9.17) is 0 Å². The van der Waals surface area contributed by atoms with E-state index >= 15 is 0 Å². The molecule has 2 aromatic rings. The van der Waals surface area contributed by atoms with Gasteiger partial charge in [-0.15, -0.1) is 0 Å². The summed E-state index contributed by atoms with van der Waals surface area (Å²) in [5, 5.41) is 5.58. The smallest absolute Gasteiger partial charge is 0.137 e. The van der Waals surface area contributed by atoms with Crippen molar-refractivity contribution >= 4 is 28.5 Å². The summed E-state index contributed by atoms with van der Waals surface area (Å²) < 4.78 is 0. The number of benzene rings is 1. The molecule has 0 aliphatic heterocycles. The molecule has 0 saturated heterocycles. The quantitative estimate of drug-likeness (QED) is 0.925. The molecular weight excluding hydrogens is 254 g/mol. The SMILES string of the molecule is CSC1CCC(Nc2ncnc3ccccc23)CC1. The first kappa shape index (κ1) is 12.7. The predicted octanol–water partition coefficient (Wildman–Crippen LogP) is 3.72. The Hall–Kier alpha value is -1.29. The van der Waals surface area contributed by atoms with Gasteiger partial charge in [-0.3, -0.25) is 0 Å². The molecule has 1 aromatic carbocycles. The van der Waals surface area contributed by atoms with Crippen LogP contribution < -0.4 is 5.32 Å². The second-order valence-corrected chi connectivity index (χ2v) is 6.23. The first-order chi connectivity index (χ1) is 9.36. The first-order valence-electron chi connectivity index (χ1n) is 6.86. The Balaban J connectivity index is 1.75. The largest absolute Gasteiger partial charge is 0.367 e. The number of nitrogens with one attached hydrogen (secondary N) is 1. The minimum absolute atomic E-state index is 0.557. The number of nitrogens with zero attached hydrogens (tertiary/aromatic N) is 2. The lowest BCUT2D eigenvalue weighted by atomic mass is 9.95. The number of fused-ring (bicyclic) bond motifs is 1. The molecule has 0 spiro atoms. The minimum atomic E-state index is 0.557. The van der Waals surface area contributed by atoms with Crippen LogP contribution in [-0.4, -0.2) is 27.5 Å². The van der Waals surface area contributed by atoms with Crippen LogP contribution in [0.4, 0.5) is 5.82 Å². The fraction of sp³-hybridized carbons (Fsp3) is 0.467. The lowest BCUT2D eigenvalue weighted by Gasteiger charge is -2.28. The van der Waals surface area contributed by atoms with Crippen molar-refractivity contribution in [3.8, 4) is 0 Å². The van der Waals surface area contributed by atoms with Gasteiger partial charge in [0.1, 0.15) is 12.1 Å². The fourth-order valence-electron chi connectivity index (χ4n) is 2.76. The van der Waals surface area contributed by atoms with Gasteiger partial charge in [0.25, 0.3) is 0 Å². The Morgan fingerprint density at radius 3 is 2.68 bits per heavy atom. The molecule has 3 rings (SSSR count). The van der Waals surface area contributed by atoms with Crippen LogP contribution in [0.2, 0.25) is 0 Å². The van der Waals surface area contributed by atoms with Gasteiger partial charge in [-0.2, -0.15) is 11.8 Å². The van der Waals surface area contributed by atoms with Crippen molar-refractivity contribution in [2.75, 3.05) is 11.6 Å². The van der Waals surface area contributed by atoms with Gasteiger partial charge < -0.3 is 5.32 Å². The average Bonchev–Trinajstić information content (AvgIpc) is 2.48. The molecule has 0 radical (unpaired) electrons. The second kappa shape index (κ2) is 5.78. The van der Waals surface area contributed by atoms with Crippen LogP contribution in [0.3, 0.4) is 0 Å². The van der Waals surface area contributed by atoms with E-state index in [1.807, 2.05) is 30.0 Å². The monoisotopic (exact) mass is 273 g/mol. The van der Waals surface area contributed by atoms with Crippen LogP contribution in [0.15, 0.2) is 30.6 Å². The number of anilines is 1. The van der Waals surface area contributed by atoms with Gasteiger partial charge in [-0.25, -0.2) is 9.97 Å². The molecule has 1 aromatic heterocycles. The Morgan fingerprint density at radius 2 is 1.89 bits per heavy atom. The Kier molecular flexibility index (Phi) is 3.87. The summed E-state index contributed by atoms with van der Waals surface area (Å²) in [5.74, 6) is 0.984. The van der Waals surface area contributed by atoms with Crippen molar-refractivity contribution in [3.63, 3.8) is 0 Å². The highest BCUT2D eigenvalue weighted by molar-refractivity contribution is 7.99. The summed E-state index contributed by atoms with van der Waals surface area (Å²) in [7, 11) is 0. The number of rotatable bonds is 3. The summed E-state index contributed by atoms with van der Waals surface area (Å²) in [6, 6.07) is 8.74. The molecule has 1 heterocycles. The first-order valence-corrected chi connectivity index (χ1v) is 8.14. The van der Waals surface area contributed by atoms with Gasteiger partial charge in [0.2, 0.25) is 0 Å². The van der Waals surface area contributed by atoms with Gasteiger partial charge in [0.15, 0.2) is 0 Å². The lowest BCUT2D eigenvalue weighted by Crippen LogP contribution is -2.27. The summed E-state index contributed by atoms with van der Waals surface area (Å²) in [5.41, 5.74) is 1.01. The molecule has 1 fully saturated rings. The fourth-order valence-corrected chi connectivity index (χ4v) is 3.50. The zero-order valence-electron chi connectivity index (χ0n) is 11.2.